The lowest BCUT2D eigenvalue weighted by Gasteiger charge is -2.18. The lowest BCUT2D eigenvalue weighted by molar-refractivity contribution is -0.123. The highest BCUT2D eigenvalue weighted by Crippen LogP contribution is 2.38. The second kappa shape index (κ2) is 8.04. The zero-order valence-electron chi connectivity index (χ0n) is 13.4. The number of nitrogens with one attached hydrogen (secondary N) is 1. The summed E-state index contributed by atoms with van der Waals surface area (Å²) in [7, 11) is 0. The standard InChI is InChI=1S/C17H11Cl4N3O3/c18-10-2-1-3-11(19)15(10)13-7-14(27-24-13)12-6-9(4-5-22-12)17(20,21)16(26)23-8-25/h1-7,25H,8H2,(H,23,26). The van der Waals surface area contributed by atoms with Crippen LogP contribution in [-0.2, 0) is 9.13 Å². The third-order valence-corrected chi connectivity index (χ3v) is 5.04. The summed E-state index contributed by atoms with van der Waals surface area (Å²) in [6.45, 7) is -0.595. The van der Waals surface area contributed by atoms with E-state index in [4.69, 9.17) is 56.0 Å². The molecule has 3 aromatic rings. The van der Waals surface area contributed by atoms with Crippen LogP contribution in [0.25, 0.3) is 22.7 Å². The van der Waals surface area contributed by atoms with Gasteiger partial charge in [0.05, 0.1) is 10.0 Å². The number of benzene rings is 1. The summed E-state index contributed by atoms with van der Waals surface area (Å²) in [6.07, 6.45) is 1.42. The maximum Gasteiger partial charge on any atom is 0.262 e. The Morgan fingerprint density at radius 3 is 2.52 bits per heavy atom. The Labute approximate surface area is 174 Å². The molecule has 0 unspecified atom stereocenters. The molecule has 0 aliphatic carbocycles. The van der Waals surface area contributed by atoms with Gasteiger partial charge in [-0.15, -0.1) is 0 Å². The van der Waals surface area contributed by atoms with Crippen LogP contribution in [0.15, 0.2) is 47.1 Å². The van der Waals surface area contributed by atoms with Crippen LogP contribution >= 0.6 is 46.4 Å². The Hall–Kier alpha value is -1.83. The first kappa shape index (κ1) is 19.9. The molecule has 2 aromatic heterocycles. The monoisotopic (exact) mass is 445 g/mol. The third-order valence-electron chi connectivity index (χ3n) is 3.63. The van der Waals surface area contributed by atoms with Crippen LogP contribution in [0.5, 0.6) is 0 Å². The molecule has 1 amide bonds. The van der Waals surface area contributed by atoms with Crippen LogP contribution in [0.1, 0.15) is 5.56 Å². The Morgan fingerprint density at radius 1 is 1.15 bits per heavy atom. The van der Waals surface area contributed by atoms with Crippen LogP contribution in [-0.4, -0.2) is 27.9 Å². The highest BCUT2D eigenvalue weighted by atomic mass is 35.5. The van der Waals surface area contributed by atoms with Crippen molar-refractivity contribution in [3.05, 3.63) is 58.2 Å². The van der Waals surface area contributed by atoms with Gasteiger partial charge in [0.1, 0.15) is 18.1 Å². The molecule has 0 atom stereocenters. The normalized spacial score (nSPS) is 11.4. The number of nitrogens with zero attached hydrogens (tertiary/aromatic N) is 2. The van der Waals surface area contributed by atoms with Gasteiger partial charge in [0.25, 0.3) is 5.91 Å². The fourth-order valence-corrected chi connectivity index (χ4v) is 3.29. The van der Waals surface area contributed by atoms with Crippen molar-refractivity contribution >= 4 is 52.3 Å². The van der Waals surface area contributed by atoms with Crippen molar-refractivity contribution in [2.45, 2.75) is 4.33 Å². The van der Waals surface area contributed by atoms with Crippen molar-refractivity contribution in [1.82, 2.24) is 15.5 Å². The third kappa shape index (κ3) is 4.05. The Kier molecular flexibility index (Phi) is 5.93. The number of halogens is 4. The van der Waals surface area contributed by atoms with Gasteiger partial charge in [-0.3, -0.25) is 9.78 Å². The quantitative estimate of drug-likeness (QED) is 0.447. The zero-order chi connectivity index (χ0) is 19.6. The number of amides is 1. The lowest BCUT2D eigenvalue weighted by atomic mass is 10.1. The zero-order valence-corrected chi connectivity index (χ0v) is 16.4. The van der Waals surface area contributed by atoms with Gasteiger partial charge < -0.3 is 14.9 Å². The SMILES string of the molecule is O=C(NCO)C(Cl)(Cl)c1ccnc(-c2cc(-c3c(Cl)cccc3Cl)no2)c1. The number of hydrogen-bond acceptors (Lipinski definition) is 5. The Bertz CT molecular complexity index is 971. The van der Waals surface area contributed by atoms with E-state index in [1.54, 1.807) is 24.3 Å². The summed E-state index contributed by atoms with van der Waals surface area (Å²) in [6, 6.07) is 9.66. The number of aliphatic hydroxyl groups is 1. The minimum atomic E-state index is -1.92. The largest absolute Gasteiger partial charge is 0.376 e. The highest BCUT2D eigenvalue weighted by Gasteiger charge is 2.36. The van der Waals surface area contributed by atoms with Gasteiger partial charge in [0, 0.05) is 23.4 Å². The van der Waals surface area contributed by atoms with Crippen LogP contribution in [0, 0.1) is 0 Å². The average Bonchev–Trinajstić information content (AvgIpc) is 3.11. The number of alkyl halides is 2. The van der Waals surface area contributed by atoms with Crippen molar-refractivity contribution in [3.8, 4) is 22.7 Å². The molecule has 0 aliphatic rings. The fourth-order valence-electron chi connectivity index (χ4n) is 2.33. The van der Waals surface area contributed by atoms with E-state index in [9.17, 15) is 4.79 Å². The fraction of sp³-hybridized carbons (Fsp3) is 0.118. The first-order valence-corrected chi connectivity index (χ1v) is 9.00. The summed E-state index contributed by atoms with van der Waals surface area (Å²) in [5, 5.41) is 15.8. The smallest absolute Gasteiger partial charge is 0.262 e. The van der Waals surface area contributed by atoms with E-state index in [-0.39, 0.29) is 5.56 Å². The molecule has 0 fully saturated rings. The van der Waals surface area contributed by atoms with E-state index in [0.29, 0.717) is 32.8 Å². The maximum absolute atomic E-state index is 12.0. The summed E-state index contributed by atoms with van der Waals surface area (Å²) in [5.41, 5.74) is 1.54. The van der Waals surface area contributed by atoms with Gasteiger partial charge in [-0.05, 0) is 24.3 Å². The topological polar surface area (TPSA) is 88.2 Å². The van der Waals surface area contributed by atoms with Crippen LogP contribution < -0.4 is 5.32 Å². The predicted molar refractivity (Wildman–Crippen MR) is 104 cm³/mol. The summed E-state index contributed by atoms with van der Waals surface area (Å²) < 4.78 is 3.41. The minimum absolute atomic E-state index is 0.246. The summed E-state index contributed by atoms with van der Waals surface area (Å²) >= 11 is 24.6. The van der Waals surface area contributed by atoms with Crippen molar-refractivity contribution in [2.75, 3.05) is 6.73 Å². The van der Waals surface area contributed by atoms with E-state index in [0.717, 1.165) is 0 Å². The molecule has 0 saturated heterocycles. The van der Waals surface area contributed by atoms with Gasteiger partial charge in [0.2, 0.25) is 4.33 Å². The molecule has 2 N–H and O–H groups in total. The van der Waals surface area contributed by atoms with E-state index in [1.165, 1.54) is 18.3 Å². The molecule has 1 aromatic carbocycles. The molecule has 3 rings (SSSR count). The van der Waals surface area contributed by atoms with E-state index < -0.39 is 17.0 Å². The number of hydrogen-bond donors (Lipinski definition) is 2. The van der Waals surface area contributed by atoms with Crippen molar-refractivity contribution in [1.29, 1.82) is 0 Å². The first-order valence-electron chi connectivity index (χ1n) is 7.49. The molecule has 2 heterocycles. The molecular formula is C17H11Cl4N3O3. The van der Waals surface area contributed by atoms with Gasteiger partial charge >= 0.3 is 0 Å². The molecule has 0 radical (unpaired) electrons. The second-order valence-electron chi connectivity index (χ2n) is 5.34. The number of rotatable bonds is 5. The summed E-state index contributed by atoms with van der Waals surface area (Å²) in [5.74, 6) is -0.471. The second-order valence-corrected chi connectivity index (χ2v) is 7.48. The molecule has 0 bridgehead atoms. The number of carbonyl (C=O) groups excluding carboxylic acids is 1. The van der Waals surface area contributed by atoms with Crippen molar-refractivity contribution in [3.63, 3.8) is 0 Å². The van der Waals surface area contributed by atoms with Gasteiger partial charge in [-0.2, -0.15) is 0 Å². The van der Waals surface area contributed by atoms with Crippen molar-refractivity contribution < 1.29 is 14.4 Å². The molecule has 6 nitrogen and oxygen atoms in total. The number of aliphatic hydroxyl groups excluding tert-OH is 1. The van der Waals surface area contributed by atoms with Crippen LogP contribution in [0.4, 0.5) is 0 Å². The Balaban J connectivity index is 1.98. The molecular weight excluding hydrogens is 436 g/mol. The average molecular weight is 447 g/mol. The molecule has 27 heavy (non-hydrogen) atoms. The molecule has 0 spiro atoms. The van der Waals surface area contributed by atoms with Gasteiger partial charge in [-0.25, -0.2) is 0 Å². The summed E-state index contributed by atoms with van der Waals surface area (Å²) in [4.78, 5) is 16.1. The minimum Gasteiger partial charge on any atom is -0.376 e. The van der Waals surface area contributed by atoms with Gasteiger partial charge in [0.15, 0.2) is 5.76 Å². The Morgan fingerprint density at radius 2 is 1.85 bits per heavy atom. The molecule has 0 aliphatic heterocycles. The van der Waals surface area contributed by atoms with E-state index in [2.05, 4.69) is 15.5 Å². The van der Waals surface area contributed by atoms with E-state index >= 15 is 0 Å². The van der Waals surface area contributed by atoms with Gasteiger partial charge in [-0.1, -0.05) is 57.6 Å². The maximum atomic E-state index is 12.0. The molecule has 10 heteroatoms. The van der Waals surface area contributed by atoms with Crippen LogP contribution in [0.3, 0.4) is 0 Å². The predicted octanol–water partition coefficient (Wildman–Crippen LogP) is 4.41. The first-order chi connectivity index (χ1) is 12.8. The number of pyridine rings is 1. The molecule has 140 valence electrons. The number of aromatic nitrogens is 2. The van der Waals surface area contributed by atoms with E-state index in [1.807, 2.05) is 0 Å². The van der Waals surface area contributed by atoms with Crippen molar-refractivity contribution in [2.24, 2.45) is 0 Å². The molecule has 0 saturated carbocycles. The van der Waals surface area contributed by atoms with Crippen LogP contribution in [0.2, 0.25) is 10.0 Å². The highest BCUT2D eigenvalue weighted by molar-refractivity contribution is 6.57. The lowest BCUT2D eigenvalue weighted by Crippen LogP contribution is -2.37. The number of carbonyl (C=O) groups is 1.